The highest BCUT2D eigenvalue weighted by Crippen LogP contribution is 2.26. The lowest BCUT2D eigenvalue weighted by molar-refractivity contribution is -0.128. The maximum absolute atomic E-state index is 12.3. The van der Waals surface area contributed by atoms with Crippen molar-refractivity contribution in [3.63, 3.8) is 0 Å². The third-order valence-electron chi connectivity index (χ3n) is 3.88. The minimum absolute atomic E-state index is 0.0225. The van der Waals surface area contributed by atoms with E-state index in [2.05, 4.69) is 10.2 Å². The fraction of sp³-hybridized carbons (Fsp3) is 0.562. The summed E-state index contributed by atoms with van der Waals surface area (Å²) in [7, 11) is 3.99. The van der Waals surface area contributed by atoms with Gasteiger partial charge in [-0.1, -0.05) is 30.3 Å². The third-order valence-corrected chi connectivity index (χ3v) is 3.88. The molecule has 1 aliphatic carbocycles. The summed E-state index contributed by atoms with van der Waals surface area (Å²) in [6.07, 6.45) is 1.98. The van der Waals surface area contributed by atoms with Gasteiger partial charge in [0.15, 0.2) is 0 Å². The molecule has 1 aliphatic rings. The van der Waals surface area contributed by atoms with E-state index in [4.69, 9.17) is 0 Å². The highest BCUT2D eigenvalue weighted by molar-refractivity contribution is 5.80. The molecule has 0 heterocycles. The van der Waals surface area contributed by atoms with Crippen molar-refractivity contribution in [3.8, 4) is 0 Å². The van der Waals surface area contributed by atoms with Crippen LogP contribution < -0.4 is 5.32 Å². The molecule has 3 atom stereocenters. The molecule has 3 unspecified atom stereocenters. The molecule has 0 bridgehead atoms. The Kier molecular flexibility index (Phi) is 5.15. The van der Waals surface area contributed by atoms with Gasteiger partial charge in [-0.25, -0.2) is 0 Å². The van der Waals surface area contributed by atoms with Crippen molar-refractivity contribution in [2.75, 3.05) is 20.6 Å². The summed E-state index contributed by atoms with van der Waals surface area (Å²) in [5.41, 5.74) is 1.10. The van der Waals surface area contributed by atoms with Crippen molar-refractivity contribution in [2.45, 2.75) is 31.4 Å². The zero-order chi connectivity index (χ0) is 14.5. The second-order valence-electron chi connectivity index (χ2n) is 5.84. The fourth-order valence-corrected chi connectivity index (χ4v) is 2.81. The predicted molar refractivity (Wildman–Crippen MR) is 79.2 cm³/mol. The summed E-state index contributed by atoms with van der Waals surface area (Å²) < 4.78 is 0. The monoisotopic (exact) mass is 276 g/mol. The van der Waals surface area contributed by atoms with Gasteiger partial charge in [-0.05, 0) is 38.9 Å². The third kappa shape index (κ3) is 3.81. The SMILES string of the molecule is CN(C)CC(NC(=O)C1CCCC1O)c1ccccc1. The highest BCUT2D eigenvalue weighted by atomic mass is 16.3. The number of rotatable bonds is 5. The van der Waals surface area contributed by atoms with Crippen LogP contribution in [0, 0.1) is 5.92 Å². The maximum atomic E-state index is 12.3. The number of carbonyl (C=O) groups is 1. The van der Waals surface area contributed by atoms with Crippen molar-refractivity contribution in [1.29, 1.82) is 0 Å². The second-order valence-corrected chi connectivity index (χ2v) is 5.84. The molecule has 0 saturated heterocycles. The average Bonchev–Trinajstić information content (AvgIpc) is 2.85. The number of aliphatic hydroxyl groups excluding tert-OH is 1. The second kappa shape index (κ2) is 6.86. The highest BCUT2D eigenvalue weighted by Gasteiger charge is 2.32. The van der Waals surface area contributed by atoms with Gasteiger partial charge in [0.1, 0.15) is 0 Å². The Hall–Kier alpha value is -1.39. The summed E-state index contributed by atoms with van der Waals surface area (Å²) in [5, 5.41) is 12.9. The Balaban J connectivity index is 2.06. The van der Waals surface area contributed by atoms with Crippen LogP contribution in [0.2, 0.25) is 0 Å². The van der Waals surface area contributed by atoms with Crippen molar-refractivity contribution in [2.24, 2.45) is 5.92 Å². The van der Waals surface area contributed by atoms with E-state index in [9.17, 15) is 9.90 Å². The van der Waals surface area contributed by atoms with E-state index < -0.39 is 6.10 Å². The van der Waals surface area contributed by atoms with Crippen LogP contribution >= 0.6 is 0 Å². The van der Waals surface area contributed by atoms with Gasteiger partial charge in [0.05, 0.1) is 18.1 Å². The number of carbonyl (C=O) groups excluding carboxylic acids is 1. The standard InChI is InChI=1S/C16H24N2O2/c1-18(2)11-14(12-7-4-3-5-8-12)17-16(20)13-9-6-10-15(13)19/h3-5,7-8,13-15,19H,6,9-11H2,1-2H3,(H,17,20). The number of benzene rings is 1. The molecule has 110 valence electrons. The molecule has 2 N–H and O–H groups in total. The summed E-state index contributed by atoms with van der Waals surface area (Å²) in [5.74, 6) is -0.269. The van der Waals surface area contributed by atoms with E-state index in [-0.39, 0.29) is 17.9 Å². The van der Waals surface area contributed by atoms with Gasteiger partial charge in [0.25, 0.3) is 0 Å². The Bertz CT molecular complexity index is 433. The van der Waals surface area contributed by atoms with Crippen molar-refractivity contribution >= 4 is 5.91 Å². The molecule has 20 heavy (non-hydrogen) atoms. The molecule has 1 amide bonds. The molecule has 1 aromatic rings. The smallest absolute Gasteiger partial charge is 0.226 e. The number of likely N-dealkylation sites (N-methyl/N-ethyl adjacent to an activating group) is 1. The van der Waals surface area contributed by atoms with Crippen molar-refractivity contribution in [3.05, 3.63) is 35.9 Å². The van der Waals surface area contributed by atoms with Gasteiger partial charge < -0.3 is 15.3 Å². The van der Waals surface area contributed by atoms with E-state index in [0.717, 1.165) is 31.4 Å². The Morgan fingerprint density at radius 3 is 2.60 bits per heavy atom. The quantitative estimate of drug-likeness (QED) is 0.858. The summed E-state index contributed by atoms with van der Waals surface area (Å²) in [6.45, 7) is 0.749. The molecule has 0 spiro atoms. The van der Waals surface area contributed by atoms with Gasteiger partial charge in [-0.15, -0.1) is 0 Å². The van der Waals surface area contributed by atoms with Gasteiger partial charge in [-0.2, -0.15) is 0 Å². The molecule has 4 heteroatoms. The molecular formula is C16H24N2O2. The van der Waals surface area contributed by atoms with Crippen LogP contribution in [0.5, 0.6) is 0 Å². The van der Waals surface area contributed by atoms with E-state index in [1.54, 1.807) is 0 Å². The van der Waals surface area contributed by atoms with Crippen LogP contribution in [0.25, 0.3) is 0 Å². The topological polar surface area (TPSA) is 52.6 Å². The number of nitrogens with one attached hydrogen (secondary N) is 1. The molecule has 1 aromatic carbocycles. The minimum Gasteiger partial charge on any atom is -0.392 e. The van der Waals surface area contributed by atoms with Gasteiger partial charge in [-0.3, -0.25) is 4.79 Å². The summed E-state index contributed by atoms with van der Waals surface area (Å²) in [4.78, 5) is 14.4. The zero-order valence-electron chi connectivity index (χ0n) is 12.2. The van der Waals surface area contributed by atoms with Crippen LogP contribution in [0.3, 0.4) is 0 Å². The molecule has 0 aliphatic heterocycles. The Morgan fingerprint density at radius 2 is 2.05 bits per heavy atom. The van der Waals surface area contributed by atoms with Crippen LogP contribution in [0.1, 0.15) is 30.9 Å². The number of hydrogen-bond donors (Lipinski definition) is 2. The summed E-state index contributed by atoms with van der Waals surface area (Å²) in [6, 6.07) is 9.95. The van der Waals surface area contributed by atoms with Crippen LogP contribution in [0.15, 0.2) is 30.3 Å². The normalized spacial score (nSPS) is 23.8. The molecule has 0 aromatic heterocycles. The number of amides is 1. The first-order valence-electron chi connectivity index (χ1n) is 7.26. The average molecular weight is 276 g/mol. The minimum atomic E-state index is -0.481. The first-order chi connectivity index (χ1) is 9.58. The fourth-order valence-electron chi connectivity index (χ4n) is 2.81. The molecule has 4 nitrogen and oxygen atoms in total. The molecule has 1 fully saturated rings. The largest absolute Gasteiger partial charge is 0.392 e. The van der Waals surface area contributed by atoms with Crippen LogP contribution in [0.4, 0.5) is 0 Å². The Morgan fingerprint density at radius 1 is 1.35 bits per heavy atom. The lowest BCUT2D eigenvalue weighted by Gasteiger charge is -2.25. The van der Waals surface area contributed by atoms with Crippen molar-refractivity contribution in [1.82, 2.24) is 10.2 Å². The molecular weight excluding hydrogens is 252 g/mol. The van der Waals surface area contributed by atoms with E-state index in [1.165, 1.54) is 0 Å². The lowest BCUT2D eigenvalue weighted by Crippen LogP contribution is -2.40. The summed E-state index contributed by atoms with van der Waals surface area (Å²) >= 11 is 0. The maximum Gasteiger partial charge on any atom is 0.226 e. The number of nitrogens with zero attached hydrogens (tertiary/aromatic N) is 1. The predicted octanol–water partition coefficient (Wildman–Crippen LogP) is 1.57. The van der Waals surface area contributed by atoms with Crippen molar-refractivity contribution < 1.29 is 9.90 Å². The lowest BCUT2D eigenvalue weighted by atomic mass is 10.0. The first kappa shape index (κ1) is 15.0. The number of aliphatic hydroxyl groups is 1. The molecule has 2 rings (SSSR count). The zero-order valence-corrected chi connectivity index (χ0v) is 12.2. The Labute approximate surface area is 120 Å². The molecule has 0 radical (unpaired) electrons. The molecule has 1 saturated carbocycles. The van der Waals surface area contributed by atoms with E-state index >= 15 is 0 Å². The first-order valence-corrected chi connectivity index (χ1v) is 7.26. The van der Waals surface area contributed by atoms with Crippen LogP contribution in [-0.4, -0.2) is 42.7 Å². The van der Waals surface area contributed by atoms with Gasteiger partial charge >= 0.3 is 0 Å². The van der Waals surface area contributed by atoms with Crippen LogP contribution in [-0.2, 0) is 4.79 Å². The van der Waals surface area contributed by atoms with Gasteiger partial charge in [0, 0.05) is 6.54 Å². The van der Waals surface area contributed by atoms with E-state index in [1.807, 2.05) is 44.4 Å². The van der Waals surface area contributed by atoms with Gasteiger partial charge in [0.2, 0.25) is 5.91 Å². The number of hydrogen-bond acceptors (Lipinski definition) is 3. The van der Waals surface area contributed by atoms with E-state index in [0.29, 0.717) is 0 Å².